The Labute approximate surface area is 66.7 Å². The molecule has 0 unspecified atom stereocenters. The molecular formula is CO5TiZn. The van der Waals surface area contributed by atoms with Gasteiger partial charge in [-0.15, -0.1) is 0 Å². The summed E-state index contributed by atoms with van der Waals surface area (Å²) in [4.78, 5) is 8.33. The van der Waals surface area contributed by atoms with Crippen molar-refractivity contribution < 1.29 is 60.6 Å². The summed E-state index contributed by atoms with van der Waals surface area (Å²) in [6, 6.07) is 0. The standard InChI is InChI=1S/CH2O3.2O.Ti.Zn/c2-1(3)4;;;;/h(H2,2,3,4);;;;/q;;;+2;/p-2. The van der Waals surface area contributed by atoms with Crippen LogP contribution in [0.15, 0.2) is 0 Å². The molecule has 8 heavy (non-hydrogen) atoms. The average molecular weight is 205 g/mol. The normalized spacial score (nSPS) is 4.50. The molecule has 0 saturated carbocycles. The van der Waals surface area contributed by atoms with Gasteiger partial charge in [-0.25, -0.2) is 0 Å². The molecule has 0 saturated heterocycles. The van der Waals surface area contributed by atoms with Crippen LogP contribution in [0.2, 0.25) is 0 Å². The van der Waals surface area contributed by atoms with Crippen molar-refractivity contribution in [1.29, 1.82) is 0 Å². The van der Waals surface area contributed by atoms with Crippen molar-refractivity contribution in [2.45, 2.75) is 0 Å². The summed E-state index contributed by atoms with van der Waals surface area (Å²) in [5.74, 6) is 0. The molecule has 0 rings (SSSR count). The van der Waals surface area contributed by atoms with E-state index in [9.17, 15) is 0 Å². The summed E-state index contributed by atoms with van der Waals surface area (Å²) in [5.41, 5.74) is 0. The van der Waals surface area contributed by atoms with Crippen LogP contribution in [0.1, 0.15) is 0 Å². The van der Waals surface area contributed by atoms with Gasteiger partial charge in [-0.3, -0.25) is 0 Å². The van der Waals surface area contributed by atoms with Crippen LogP contribution in [-0.4, -0.2) is 6.16 Å². The Balaban J connectivity index is -0.0000000542. The molecule has 0 aliphatic heterocycles. The zero-order valence-electron chi connectivity index (χ0n) is 3.75. The first-order valence-electron chi connectivity index (χ1n) is 1.11. The molecular weight excluding hydrogens is 205 g/mol. The van der Waals surface area contributed by atoms with Crippen molar-refractivity contribution in [3.8, 4) is 0 Å². The quantitative estimate of drug-likeness (QED) is 0.401. The molecule has 0 aliphatic carbocycles. The number of carboxylic acid groups (broad SMARTS) is 2. The van der Waals surface area contributed by atoms with E-state index in [4.69, 9.17) is 21.9 Å². The van der Waals surface area contributed by atoms with E-state index in [1.54, 1.807) is 0 Å². The summed E-state index contributed by atoms with van der Waals surface area (Å²) in [6.07, 6.45) is -2.33. The van der Waals surface area contributed by atoms with Crippen LogP contribution in [0.4, 0.5) is 4.79 Å². The van der Waals surface area contributed by atoms with Crippen molar-refractivity contribution in [2.75, 3.05) is 0 Å². The van der Waals surface area contributed by atoms with Crippen LogP contribution in [0.25, 0.3) is 0 Å². The average Bonchev–Trinajstić information content (AvgIpc) is 1.75. The molecule has 0 aromatic heterocycles. The number of hydrogen-bond donors (Lipinski definition) is 0. The molecule has 0 amide bonds. The molecule has 0 bridgehead atoms. The van der Waals surface area contributed by atoms with Gasteiger partial charge in [0.05, 0.1) is 0 Å². The summed E-state index contributed by atoms with van der Waals surface area (Å²) < 4.78 is 16.6. The molecule has 0 radical (unpaired) electrons. The van der Waals surface area contributed by atoms with E-state index < -0.39 is 6.16 Å². The van der Waals surface area contributed by atoms with Crippen molar-refractivity contribution in [3.63, 3.8) is 0 Å². The molecule has 0 fully saturated rings. The molecule has 5 nitrogen and oxygen atoms in total. The maximum absolute atomic E-state index is 8.38. The number of carbonyl (C=O) groups excluding carboxylic acids is 1. The van der Waals surface area contributed by atoms with Crippen molar-refractivity contribution in [1.82, 2.24) is 0 Å². The van der Waals surface area contributed by atoms with Gasteiger partial charge in [0, 0.05) is 0 Å². The van der Waals surface area contributed by atoms with Crippen LogP contribution < -0.4 is 10.2 Å². The predicted molar refractivity (Wildman–Crippen MR) is 6.77 cm³/mol. The number of rotatable bonds is 0. The van der Waals surface area contributed by atoms with Gasteiger partial charge in [0.1, 0.15) is 0 Å². The topological polar surface area (TPSA) is 97.3 Å². The molecule has 0 atom stereocenters. The van der Waals surface area contributed by atoms with Crippen LogP contribution in [0.3, 0.4) is 0 Å². The maximum atomic E-state index is 8.38. The Hall–Kier alpha value is 0.208. The van der Waals surface area contributed by atoms with Crippen LogP contribution in [-0.2, 0) is 45.6 Å². The van der Waals surface area contributed by atoms with E-state index in [0.29, 0.717) is 0 Å². The fourth-order valence-corrected chi connectivity index (χ4v) is 0. The Bertz CT molecular complexity index is 50.4. The molecule has 0 aromatic rings. The molecule has 7 heteroatoms. The minimum absolute atomic E-state index is 0.125. The Morgan fingerprint density at radius 1 is 1.25 bits per heavy atom. The zero-order chi connectivity index (χ0) is 7.58. The molecule has 0 aromatic carbocycles. The second-order valence-electron chi connectivity index (χ2n) is 0.250. The van der Waals surface area contributed by atoms with Gasteiger partial charge < -0.3 is 15.0 Å². The predicted octanol–water partition coefficient (Wildman–Crippen LogP) is -2.69. The van der Waals surface area contributed by atoms with Gasteiger partial charge in [0.15, 0.2) is 0 Å². The second kappa shape index (κ2) is 27.0. The zero-order valence-corrected chi connectivity index (χ0v) is 8.28. The number of hydrogen-bond acceptors (Lipinski definition) is 5. The van der Waals surface area contributed by atoms with E-state index in [2.05, 4.69) is 0 Å². The van der Waals surface area contributed by atoms with E-state index in [-0.39, 0.29) is 18.3 Å². The number of carbonyl (C=O) groups is 1. The summed E-state index contributed by atoms with van der Waals surface area (Å²) >= 11 is 0.875. The Morgan fingerprint density at radius 2 is 1.25 bits per heavy atom. The summed E-state index contributed by atoms with van der Waals surface area (Å²) in [5, 5.41) is 16.7. The van der Waals surface area contributed by atoms with Crippen molar-refractivity contribution >= 4 is 6.16 Å². The van der Waals surface area contributed by atoms with Gasteiger partial charge in [0.25, 0.3) is 0 Å². The molecule has 0 heterocycles. The SMILES string of the molecule is O=C([O-])[O-].[O]=[Ti+2].[O]=[Zn]. The van der Waals surface area contributed by atoms with E-state index in [1.807, 2.05) is 0 Å². The third-order valence-electron chi connectivity index (χ3n) is 0. The van der Waals surface area contributed by atoms with Crippen LogP contribution in [0, 0.1) is 0 Å². The Kier molecular flexibility index (Phi) is 53.1. The third kappa shape index (κ3) is 3900. The molecule has 0 aliphatic rings. The van der Waals surface area contributed by atoms with Gasteiger partial charge in [-0.2, -0.15) is 0 Å². The first-order chi connectivity index (χ1) is 3.73. The first kappa shape index (κ1) is 15.7. The fraction of sp³-hybridized carbons (Fsp3) is 0. The monoisotopic (exact) mass is 204 g/mol. The van der Waals surface area contributed by atoms with Gasteiger partial charge in [-0.05, 0) is 6.16 Å². The second-order valence-corrected chi connectivity index (χ2v) is 0.250. The first-order valence-corrected chi connectivity index (χ1v) is 2.95. The van der Waals surface area contributed by atoms with Crippen molar-refractivity contribution in [2.24, 2.45) is 0 Å². The van der Waals surface area contributed by atoms with E-state index in [1.165, 1.54) is 0 Å². The molecule has 0 spiro atoms. The molecule has 0 N–H and O–H groups in total. The van der Waals surface area contributed by atoms with Crippen molar-refractivity contribution in [3.05, 3.63) is 0 Å². The van der Waals surface area contributed by atoms with E-state index in [0.717, 1.165) is 20.4 Å². The van der Waals surface area contributed by atoms with Gasteiger partial charge in [-0.1, -0.05) is 0 Å². The molecule has 40 valence electrons. The van der Waals surface area contributed by atoms with Gasteiger partial charge >= 0.3 is 45.6 Å². The minimum atomic E-state index is -2.33. The fourth-order valence-electron chi connectivity index (χ4n) is 0. The summed E-state index contributed by atoms with van der Waals surface area (Å²) in [6.45, 7) is 0. The summed E-state index contributed by atoms with van der Waals surface area (Å²) in [7, 11) is 0. The third-order valence-corrected chi connectivity index (χ3v) is 0. The van der Waals surface area contributed by atoms with Crippen LogP contribution in [0.5, 0.6) is 0 Å². The van der Waals surface area contributed by atoms with Gasteiger partial charge in [0.2, 0.25) is 0 Å². The van der Waals surface area contributed by atoms with Crippen LogP contribution >= 0.6 is 0 Å². The van der Waals surface area contributed by atoms with E-state index >= 15 is 0 Å². The Morgan fingerprint density at radius 3 is 1.25 bits per heavy atom.